The van der Waals surface area contributed by atoms with Crippen LogP contribution in [0.1, 0.15) is 24.7 Å². The first kappa shape index (κ1) is 10.2. The van der Waals surface area contributed by atoms with Gasteiger partial charge in [-0.2, -0.15) is 0 Å². The summed E-state index contributed by atoms with van der Waals surface area (Å²) < 4.78 is 31.4. The van der Waals surface area contributed by atoms with Gasteiger partial charge in [0.25, 0.3) is 0 Å². The minimum atomic E-state index is -0.992. The lowest BCUT2D eigenvalue weighted by molar-refractivity contribution is 0.500. The molecule has 0 saturated heterocycles. The molecular weight excluding hydrogens is 228 g/mol. The molecule has 2 N–H and O–H groups in total. The Kier molecular flexibility index (Phi) is 2.10. The van der Waals surface area contributed by atoms with Crippen molar-refractivity contribution in [3.8, 4) is 11.5 Å². The summed E-state index contributed by atoms with van der Waals surface area (Å²) >= 11 is 0. The molecular formula is C11H9F2N3O. The summed E-state index contributed by atoms with van der Waals surface area (Å²) in [4.78, 5) is 0. The molecule has 0 unspecified atom stereocenters. The summed E-state index contributed by atoms with van der Waals surface area (Å²) in [5, 5.41) is 7.65. The van der Waals surface area contributed by atoms with E-state index in [1.807, 2.05) is 0 Å². The van der Waals surface area contributed by atoms with E-state index in [1.165, 1.54) is 0 Å². The highest BCUT2D eigenvalue weighted by atomic mass is 19.2. The number of hydrogen-bond donors (Lipinski definition) is 1. The van der Waals surface area contributed by atoms with Gasteiger partial charge < -0.3 is 10.2 Å². The normalized spacial score (nSPS) is 15.2. The quantitative estimate of drug-likeness (QED) is 0.815. The summed E-state index contributed by atoms with van der Waals surface area (Å²) in [7, 11) is 0. The predicted octanol–water partition coefficient (Wildman–Crippen LogP) is 2.47. The van der Waals surface area contributed by atoms with Gasteiger partial charge in [-0.15, -0.1) is 10.2 Å². The van der Waals surface area contributed by atoms with E-state index in [4.69, 9.17) is 10.2 Å². The molecule has 3 rings (SSSR count). The van der Waals surface area contributed by atoms with Crippen molar-refractivity contribution in [2.45, 2.75) is 18.8 Å². The third-order valence-electron chi connectivity index (χ3n) is 2.69. The first-order chi connectivity index (χ1) is 8.15. The molecule has 17 heavy (non-hydrogen) atoms. The lowest BCUT2D eigenvalue weighted by Crippen LogP contribution is -1.94. The number of aromatic nitrogens is 2. The Labute approximate surface area is 95.5 Å². The van der Waals surface area contributed by atoms with Crippen molar-refractivity contribution in [2.24, 2.45) is 0 Å². The number of nitrogens with two attached hydrogens (primary N) is 1. The Hall–Kier alpha value is -1.98. The Bertz CT molecular complexity index is 578. The van der Waals surface area contributed by atoms with E-state index in [-0.39, 0.29) is 17.1 Å². The second-order valence-electron chi connectivity index (χ2n) is 4.07. The maximum absolute atomic E-state index is 13.1. The molecule has 1 fully saturated rings. The predicted molar refractivity (Wildman–Crippen MR) is 56.0 cm³/mol. The van der Waals surface area contributed by atoms with Gasteiger partial charge in [0, 0.05) is 17.7 Å². The first-order valence-corrected chi connectivity index (χ1v) is 5.23. The molecule has 0 bridgehead atoms. The second kappa shape index (κ2) is 3.51. The minimum absolute atomic E-state index is 0.0786. The SMILES string of the molecule is Nc1cc(F)c(F)cc1-c1nnc(C2CC2)o1. The van der Waals surface area contributed by atoms with Crippen LogP contribution in [0.25, 0.3) is 11.5 Å². The van der Waals surface area contributed by atoms with Gasteiger partial charge in [0.05, 0.1) is 5.56 Å². The monoisotopic (exact) mass is 237 g/mol. The van der Waals surface area contributed by atoms with E-state index >= 15 is 0 Å². The fourth-order valence-electron chi connectivity index (χ4n) is 1.59. The zero-order valence-electron chi connectivity index (χ0n) is 8.78. The van der Waals surface area contributed by atoms with Gasteiger partial charge in [-0.3, -0.25) is 0 Å². The number of benzene rings is 1. The highest BCUT2D eigenvalue weighted by Gasteiger charge is 2.29. The summed E-state index contributed by atoms with van der Waals surface area (Å²) in [5.41, 5.74) is 5.89. The minimum Gasteiger partial charge on any atom is -0.420 e. The van der Waals surface area contributed by atoms with Gasteiger partial charge in [0.2, 0.25) is 11.8 Å². The summed E-state index contributed by atoms with van der Waals surface area (Å²) in [6.07, 6.45) is 2.05. The number of nitrogens with zero attached hydrogens (tertiary/aromatic N) is 2. The molecule has 0 aliphatic heterocycles. The maximum atomic E-state index is 13.1. The van der Waals surface area contributed by atoms with Gasteiger partial charge in [-0.25, -0.2) is 8.78 Å². The molecule has 1 aromatic carbocycles. The highest BCUT2D eigenvalue weighted by Crippen LogP contribution is 2.40. The van der Waals surface area contributed by atoms with Crippen molar-refractivity contribution in [2.75, 3.05) is 5.73 Å². The van der Waals surface area contributed by atoms with Crippen LogP contribution in [-0.2, 0) is 0 Å². The number of halogens is 2. The molecule has 1 aliphatic carbocycles. The molecule has 88 valence electrons. The topological polar surface area (TPSA) is 64.9 Å². The van der Waals surface area contributed by atoms with Crippen molar-refractivity contribution in [3.05, 3.63) is 29.7 Å². The molecule has 1 aromatic heterocycles. The third kappa shape index (κ3) is 1.75. The number of nitrogen functional groups attached to an aromatic ring is 1. The van der Waals surface area contributed by atoms with Crippen molar-refractivity contribution < 1.29 is 13.2 Å². The zero-order valence-corrected chi connectivity index (χ0v) is 8.78. The van der Waals surface area contributed by atoms with Crippen molar-refractivity contribution in [3.63, 3.8) is 0 Å². The Morgan fingerprint density at radius 1 is 1.18 bits per heavy atom. The number of rotatable bonds is 2. The Morgan fingerprint density at radius 3 is 2.59 bits per heavy atom. The van der Waals surface area contributed by atoms with Crippen LogP contribution < -0.4 is 5.73 Å². The van der Waals surface area contributed by atoms with Gasteiger partial charge in [-0.1, -0.05) is 0 Å². The van der Waals surface area contributed by atoms with Crippen LogP contribution in [-0.4, -0.2) is 10.2 Å². The molecule has 0 radical (unpaired) electrons. The molecule has 2 aromatic rings. The summed E-state index contributed by atoms with van der Waals surface area (Å²) in [6, 6.07) is 1.88. The Balaban J connectivity index is 2.04. The van der Waals surface area contributed by atoms with Crippen LogP contribution in [0.2, 0.25) is 0 Å². The largest absolute Gasteiger partial charge is 0.420 e. The van der Waals surface area contributed by atoms with Crippen molar-refractivity contribution in [1.82, 2.24) is 10.2 Å². The highest BCUT2D eigenvalue weighted by molar-refractivity contribution is 5.70. The van der Waals surface area contributed by atoms with E-state index in [2.05, 4.69) is 10.2 Å². The van der Waals surface area contributed by atoms with E-state index in [9.17, 15) is 8.78 Å². The van der Waals surface area contributed by atoms with Gasteiger partial charge >= 0.3 is 0 Å². The summed E-state index contributed by atoms with van der Waals surface area (Å²) in [5.74, 6) is -1.01. The van der Waals surface area contributed by atoms with Gasteiger partial charge in [0.15, 0.2) is 11.6 Å². The van der Waals surface area contributed by atoms with Gasteiger partial charge in [0.1, 0.15) is 0 Å². The molecule has 1 saturated carbocycles. The number of hydrogen-bond acceptors (Lipinski definition) is 4. The zero-order chi connectivity index (χ0) is 12.0. The molecule has 1 aliphatic rings. The van der Waals surface area contributed by atoms with Crippen LogP contribution in [0.5, 0.6) is 0 Å². The van der Waals surface area contributed by atoms with Crippen LogP contribution in [0, 0.1) is 11.6 Å². The lowest BCUT2D eigenvalue weighted by atomic mass is 10.1. The van der Waals surface area contributed by atoms with Crippen LogP contribution in [0.4, 0.5) is 14.5 Å². The van der Waals surface area contributed by atoms with Gasteiger partial charge in [-0.05, 0) is 18.9 Å². The molecule has 6 heteroatoms. The first-order valence-electron chi connectivity index (χ1n) is 5.23. The molecule has 4 nitrogen and oxygen atoms in total. The van der Waals surface area contributed by atoms with E-state index in [1.54, 1.807) is 0 Å². The van der Waals surface area contributed by atoms with Crippen LogP contribution in [0.15, 0.2) is 16.5 Å². The fourth-order valence-corrected chi connectivity index (χ4v) is 1.59. The Morgan fingerprint density at radius 2 is 1.88 bits per heavy atom. The molecule has 0 atom stereocenters. The fraction of sp³-hybridized carbons (Fsp3) is 0.273. The molecule has 1 heterocycles. The van der Waals surface area contributed by atoms with E-state index in [0.717, 1.165) is 25.0 Å². The smallest absolute Gasteiger partial charge is 0.249 e. The average Bonchev–Trinajstić information content (AvgIpc) is 3.03. The maximum Gasteiger partial charge on any atom is 0.249 e. The number of anilines is 1. The van der Waals surface area contributed by atoms with Crippen LogP contribution >= 0.6 is 0 Å². The lowest BCUT2D eigenvalue weighted by Gasteiger charge is -2.01. The molecule has 0 spiro atoms. The van der Waals surface area contributed by atoms with Crippen LogP contribution in [0.3, 0.4) is 0 Å². The molecule has 0 amide bonds. The van der Waals surface area contributed by atoms with Crippen molar-refractivity contribution in [1.29, 1.82) is 0 Å². The van der Waals surface area contributed by atoms with Crippen molar-refractivity contribution >= 4 is 5.69 Å². The van der Waals surface area contributed by atoms with E-state index < -0.39 is 11.6 Å². The summed E-state index contributed by atoms with van der Waals surface area (Å²) in [6.45, 7) is 0. The average molecular weight is 237 g/mol. The third-order valence-corrected chi connectivity index (χ3v) is 2.69. The second-order valence-corrected chi connectivity index (χ2v) is 4.07. The van der Waals surface area contributed by atoms with E-state index in [0.29, 0.717) is 11.8 Å². The standard InChI is InChI=1S/C11H9F2N3O/c12-7-3-6(9(14)4-8(7)13)11-16-15-10(17-11)5-1-2-5/h3-5H,1-2,14H2.